The molecule has 2 N–H and O–H groups in total. The van der Waals surface area contributed by atoms with Crippen LogP contribution in [0, 0.1) is 5.82 Å². The number of nitrogens with two attached hydrogens (primary N) is 1. The Morgan fingerprint density at radius 1 is 1.47 bits per heavy atom. The molecule has 1 aliphatic heterocycles. The Bertz CT molecular complexity index is 379. The van der Waals surface area contributed by atoms with E-state index in [9.17, 15) is 4.39 Å². The molecule has 1 unspecified atom stereocenters. The minimum absolute atomic E-state index is 0.0737. The first-order valence-corrected chi connectivity index (χ1v) is 4.97. The molecule has 4 heteroatoms. The molecule has 0 aliphatic carbocycles. The quantitative estimate of drug-likeness (QED) is 0.814. The second kappa shape index (κ2) is 4.40. The summed E-state index contributed by atoms with van der Waals surface area (Å²) < 4.78 is 18.7. The number of benzene rings is 1. The minimum atomic E-state index is -0.301. The highest BCUT2D eigenvalue weighted by Gasteiger charge is 2.21. The van der Waals surface area contributed by atoms with Crippen LogP contribution in [0.25, 0.3) is 0 Å². The Morgan fingerprint density at radius 3 is 3.00 bits per heavy atom. The van der Waals surface area contributed by atoms with E-state index in [1.54, 1.807) is 18.2 Å². The molecule has 1 heterocycles. The third-order valence-corrected chi connectivity index (χ3v) is 2.32. The van der Waals surface area contributed by atoms with E-state index in [0.29, 0.717) is 24.6 Å². The van der Waals surface area contributed by atoms with Crippen LogP contribution in [0.15, 0.2) is 29.3 Å². The second-order valence-corrected chi connectivity index (χ2v) is 3.46. The van der Waals surface area contributed by atoms with Crippen molar-refractivity contribution in [3.05, 3.63) is 35.6 Å². The molecule has 0 amide bonds. The normalized spacial score (nSPS) is 19.9. The summed E-state index contributed by atoms with van der Waals surface area (Å²) in [5, 5.41) is 0. The first kappa shape index (κ1) is 10.1. The summed E-state index contributed by atoms with van der Waals surface area (Å²) in [5.74, 6) is 0.0937. The zero-order valence-electron chi connectivity index (χ0n) is 8.32. The fourth-order valence-electron chi connectivity index (χ4n) is 1.54. The van der Waals surface area contributed by atoms with E-state index in [1.807, 2.05) is 0 Å². The molecule has 0 bridgehead atoms. The Hall–Kier alpha value is -1.42. The maximum Gasteiger partial charge on any atom is 0.219 e. The standard InChI is InChI=1S/C11H13FN2O/c12-10-4-2-1-3-9(10)11-14-8(5-6-13)7-15-11/h1-4,8H,5-7,13H2. The van der Waals surface area contributed by atoms with Gasteiger partial charge in [-0.1, -0.05) is 12.1 Å². The Morgan fingerprint density at radius 2 is 2.27 bits per heavy atom. The monoisotopic (exact) mass is 208 g/mol. The van der Waals surface area contributed by atoms with Crippen LogP contribution in [0.5, 0.6) is 0 Å². The van der Waals surface area contributed by atoms with Gasteiger partial charge in [-0.15, -0.1) is 0 Å². The predicted molar refractivity (Wildman–Crippen MR) is 56.3 cm³/mol. The van der Waals surface area contributed by atoms with Crippen molar-refractivity contribution in [3.63, 3.8) is 0 Å². The minimum Gasteiger partial charge on any atom is -0.475 e. The van der Waals surface area contributed by atoms with Crippen molar-refractivity contribution in [2.75, 3.05) is 13.2 Å². The lowest BCUT2D eigenvalue weighted by molar-refractivity contribution is 0.312. The molecule has 80 valence electrons. The van der Waals surface area contributed by atoms with Crippen LogP contribution in [0.1, 0.15) is 12.0 Å². The zero-order chi connectivity index (χ0) is 10.7. The lowest BCUT2D eigenvalue weighted by Crippen LogP contribution is -2.12. The average molecular weight is 208 g/mol. The van der Waals surface area contributed by atoms with Gasteiger partial charge >= 0.3 is 0 Å². The molecule has 1 atom stereocenters. The Balaban J connectivity index is 2.19. The third-order valence-electron chi connectivity index (χ3n) is 2.32. The topological polar surface area (TPSA) is 47.6 Å². The summed E-state index contributed by atoms with van der Waals surface area (Å²) in [6.45, 7) is 1.07. The molecule has 0 saturated heterocycles. The third kappa shape index (κ3) is 2.15. The predicted octanol–water partition coefficient (Wildman–Crippen LogP) is 1.32. The number of hydrogen-bond donors (Lipinski definition) is 1. The van der Waals surface area contributed by atoms with Gasteiger partial charge in [0.05, 0.1) is 11.6 Å². The molecule has 1 aromatic carbocycles. The van der Waals surface area contributed by atoms with Crippen molar-refractivity contribution < 1.29 is 9.13 Å². The van der Waals surface area contributed by atoms with Gasteiger partial charge in [-0.05, 0) is 25.1 Å². The van der Waals surface area contributed by atoms with Gasteiger partial charge in [-0.2, -0.15) is 0 Å². The first-order chi connectivity index (χ1) is 7.31. The molecular weight excluding hydrogens is 195 g/mol. The maximum atomic E-state index is 13.4. The van der Waals surface area contributed by atoms with Crippen LogP contribution >= 0.6 is 0 Å². The molecule has 0 radical (unpaired) electrons. The largest absolute Gasteiger partial charge is 0.475 e. The molecule has 0 saturated carbocycles. The highest BCUT2D eigenvalue weighted by atomic mass is 19.1. The molecule has 15 heavy (non-hydrogen) atoms. The summed E-state index contributed by atoms with van der Waals surface area (Å²) in [6.07, 6.45) is 0.776. The molecule has 1 aliphatic rings. The van der Waals surface area contributed by atoms with Gasteiger partial charge in [-0.25, -0.2) is 9.38 Å². The number of aliphatic imine (C=N–C) groups is 1. The van der Waals surface area contributed by atoms with E-state index in [0.717, 1.165) is 6.42 Å². The first-order valence-electron chi connectivity index (χ1n) is 4.97. The average Bonchev–Trinajstić information content (AvgIpc) is 2.68. The van der Waals surface area contributed by atoms with Gasteiger partial charge in [0.1, 0.15) is 12.4 Å². The van der Waals surface area contributed by atoms with E-state index in [2.05, 4.69) is 4.99 Å². The van der Waals surface area contributed by atoms with Gasteiger partial charge in [0.15, 0.2) is 0 Å². The van der Waals surface area contributed by atoms with E-state index < -0.39 is 0 Å². The van der Waals surface area contributed by atoms with Crippen LogP contribution in [-0.2, 0) is 4.74 Å². The smallest absolute Gasteiger partial charge is 0.219 e. The fraction of sp³-hybridized carbons (Fsp3) is 0.364. The van der Waals surface area contributed by atoms with Gasteiger partial charge in [0.25, 0.3) is 0 Å². The second-order valence-electron chi connectivity index (χ2n) is 3.46. The van der Waals surface area contributed by atoms with E-state index in [4.69, 9.17) is 10.5 Å². The lowest BCUT2D eigenvalue weighted by atomic mass is 10.2. The molecule has 2 rings (SSSR count). The summed E-state index contributed by atoms with van der Waals surface area (Å²) >= 11 is 0. The van der Waals surface area contributed by atoms with Crippen LogP contribution in [0.3, 0.4) is 0 Å². The number of hydrogen-bond acceptors (Lipinski definition) is 3. The van der Waals surface area contributed by atoms with Crippen LogP contribution < -0.4 is 5.73 Å². The molecule has 0 aromatic heterocycles. The van der Waals surface area contributed by atoms with Crippen molar-refractivity contribution in [2.45, 2.75) is 12.5 Å². The van der Waals surface area contributed by atoms with Crippen LogP contribution in [-0.4, -0.2) is 25.1 Å². The van der Waals surface area contributed by atoms with Gasteiger partial charge < -0.3 is 10.5 Å². The Labute approximate surface area is 87.8 Å². The fourth-order valence-corrected chi connectivity index (χ4v) is 1.54. The Kier molecular flexibility index (Phi) is 2.97. The van der Waals surface area contributed by atoms with Gasteiger partial charge in [-0.3, -0.25) is 0 Å². The molecule has 0 spiro atoms. The van der Waals surface area contributed by atoms with Crippen molar-refractivity contribution in [1.29, 1.82) is 0 Å². The number of ether oxygens (including phenoxy) is 1. The van der Waals surface area contributed by atoms with Gasteiger partial charge in [0, 0.05) is 0 Å². The summed E-state index contributed by atoms with van der Waals surface area (Å²) in [4.78, 5) is 4.28. The summed E-state index contributed by atoms with van der Waals surface area (Å²) in [6, 6.07) is 6.55. The van der Waals surface area contributed by atoms with Crippen molar-refractivity contribution in [3.8, 4) is 0 Å². The number of halogens is 1. The van der Waals surface area contributed by atoms with Crippen molar-refractivity contribution in [2.24, 2.45) is 10.7 Å². The zero-order valence-corrected chi connectivity index (χ0v) is 8.32. The summed E-state index contributed by atoms with van der Waals surface area (Å²) in [5.41, 5.74) is 5.85. The molecule has 3 nitrogen and oxygen atoms in total. The molecule has 0 fully saturated rings. The van der Waals surface area contributed by atoms with E-state index in [-0.39, 0.29) is 11.9 Å². The summed E-state index contributed by atoms with van der Waals surface area (Å²) in [7, 11) is 0. The SMILES string of the molecule is NCCC1COC(c2ccccc2F)=N1. The number of nitrogens with zero attached hydrogens (tertiary/aromatic N) is 1. The van der Waals surface area contributed by atoms with Crippen LogP contribution in [0.2, 0.25) is 0 Å². The molecule has 1 aromatic rings. The maximum absolute atomic E-state index is 13.4. The lowest BCUT2D eigenvalue weighted by Gasteiger charge is -2.01. The highest BCUT2D eigenvalue weighted by molar-refractivity contribution is 5.95. The van der Waals surface area contributed by atoms with E-state index >= 15 is 0 Å². The van der Waals surface area contributed by atoms with Crippen molar-refractivity contribution in [1.82, 2.24) is 0 Å². The van der Waals surface area contributed by atoms with Crippen LogP contribution in [0.4, 0.5) is 4.39 Å². The van der Waals surface area contributed by atoms with Gasteiger partial charge in [0.2, 0.25) is 5.90 Å². The van der Waals surface area contributed by atoms with Crippen molar-refractivity contribution >= 4 is 5.90 Å². The highest BCUT2D eigenvalue weighted by Crippen LogP contribution is 2.16. The number of rotatable bonds is 3. The van der Waals surface area contributed by atoms with E-state index in [1.165, 1.54) is 6.07 Å². The molecular formula is C11H13FN2O.